The second kappa shape index (κ2) is 8.99. The highest BCUT2D eigenvalue weighted by molar-refractivity contribution is 7.89. The van der Waals surface area contributed by atoms with Crippen LogP contribution in [0.15, 0.2) is 71.6 Å². The molecule has 0 saturated heterocycles. The monoisotopic (exact) mass is 466 g/mol. The highest BCUT2D eigenvalue weighted by atomic mass is 32.2. The number of aliphatic hydroxyl groups is 1. The van der Waals surface area contributed by atoms with E-state index < -0.39 is 33.2 Å². The zero-order chi connectivity index (χ0) is 23.5. The molecule has 0 aliphatic heterocycles. The van der Waals surface area contributed by atoms with Crippen molar-refractivity contribution < 1.29 is 36.2 Å². The average molecular weight is 466 g/mol. The summed E-state index contributed by atoms with van der Waals surface area (Å²) in [5.74, 6) is -0.883. The van der Waals surface area contributed by atoms with Crippen LogP contribution in [0.25, 0.3) is 0 Å². The maximum atomic E-state index is 13.2. The van der Waals surface area contributed by atoms with Gasteiger partial charge in [-0.3, -0.25) is 4.79 Å². The number of ether oxygens (including phenoxy) is 1. The summed E-state index contributed by atoms with van der Waals surface area (Å²) >= 11 is 0. The summed E-state index contributed by atoms with van der Waals surface area (Å²) in [6, 6.07) is 13.5. The number of rotatable bonds is 6. The van der Waals surface area contributed by atoms with E-state index in [1.807, 2.05) is 0 Å². The molecule has 32 heavy (non-hydrogen) atoms. The van der Waals surface area contributed by atoms with Crippen LogP contribution in [0.1, 0.15) is 21.5 Å². The number of halogens is 3. The Morgan fingerprint density at radius 3 is 2.31 bits per heavy atom. The van der Waals surface area contributed by atoms with Gasteiger partial charge in [-0.2, -0.15) is 13.2 Å². The van der Waals surface area contributed by atoms with Crippen molar-refractivity contribution in [3.05, 3.63) is 83.4 Å². The molecule has 7 nitrogen and oxygen atoms in total. The molecule has 0 bridgehead atoms. The Morgan fingerprint density at radius 1 is 1.03 bits per heavy atom. The van der Waals surface area contributed by atoms with Gasteiger partial charge in [-0.1, -0.05) is 18.2 Å². The zero-order valence-corrected chi connectivity index (χ0v) is 17.1. The van der Waals surface area contributed by atoms with Crippen molar-refractivity contribution in [3.63, 3.8) is 0 Å². The van der Waals surface area contributed by atoms with Crippen LogP contribution in [0, 0.1) is 0 Å². The fourth-order valence-corrected chi connectivity index (χ4v) is 3.27. The molecule has 3 aromatic rings. The highest BCUT2D eigenvalue weighted by Gasteiger charge is 2.32. The van der Waals surface area contributed by atoms with Crippen molar-refractivity contribution in [3.8, 4) is 11.5 Å². The number of alkyl halides is 3. The predicted octanol–water partition coefficient (Wildman–Crippen LogP) is 3.89. The molecule has 4 N–H and O–H groups in total. The van der Waals surface area contributed by atoms with Crippen molar-refractivity contribution >= 4 is 21.6 Å². The first kappa shape index (κ1) is 23.3. The SMILES string of the molecule is NS(=O)(=O)c1cccc(NC(=O)c2cc(C(F)(F)F)ccc2Oc2ccc(CO)cc2)c1. The Kier molecular flexibility index (Phi) is 6.53. The molecule has 0 fully saturated rings. The zero-order valence-electron chi connectivity index (χ0n) is 16.3. The summed E-state index contributed by atoms with van der Waals surface area (Å²) in [5.41, 5.74) is -0.884. The van der Waals surface area contributed by atoms with Crippen LogP contribution in [0.3, 0.4) is 0 Å². The fraction of sp³-hybridized carbons (Fsp3) is 0.0952. The lowest BCUT2D eigenvalue weighted by molar-refractivity contribution is -0.137. The number of carbonyl (C=O) groups is 1. The number of sulfonamides is 1. The van der Waals surface area contributed by atoms with Crippen molar-refractivity contribution in [1.82, 2.24) is 0 Å². The van der Waals surface area contributed by atoms with Gasteiger partial charge in [0, 0.05) is 5.69 Å². The van der Waals surface area contributed by atoms with Crippen molar-refractivity contribution in [2.75, 3.05) is 5.32 Å². The summed E-state index contributed by atoms with van der Waals surface area (Å²) in [7, 11) is -4.05. The Labute approximate surface area is 181 Å². The van der Waals surface area contributed by atoms with Gasteiger partial charge in [-0.25, -0.2) is 13.6 Å². The first-order chi connectivity index (χ1) is 15.0. The first-order valence-electron chi connectivity index (χ1n) is 9.00. The van der Waals surface area contributed by atoms with Crippen molar-refractivity contribution in [1.29, 1.82) is 0 Å². The summed E-state index contributed by atoms with van der Waals surface area (Å²) < 4.78 is 68.2. The van der Waals surface area contributed by atoms with Crippen molar-refractivity contribution in [2.45, 2.75) is 17.7 Å². The second-order valence-corrected chi connectivity index (χ2v) is 8.20. The van der Waals surface area contributed by atoms with Gasteiger partial charge in [0.15, 0.2) is 0 Å². The lowest BCUT2D eigenvalue weighted by atomic mass is 10.1. The van der Waals surface area contributed by atoms with Crippen LogP contribution in [-0.4, -0.2) is 19.4 Å². The normalized spacial score (nSPS) is 11.8. The minimum Gasteiger partial charge on any atom is -0.457 e. The topological polar surface area (TPSA) is 119 Å². The van der Waals surface area contributed by atoms with Crippen LogP contribution in [0.2, 0.25) is 0 Å². The van der Waals surface area contributed by atoms with E-state index in [1.165, 1.54) is 30.3 Å². The number of aliphatic hydroxyl groups excluding tert-OH is 1. The molecule has 0 aromatic heterocycles. The summed E-state index contributed by atoms with van der Waals surface area (Å²) in [5, 5.41) is 16.5. The Morgan fingerprint density at radius 2 is 1.72 bits per heavy atom. The van der Waals surface area contributed by atoms with E-state index >= 15 is 0 Å². The molecule has 3 aromatic carbocycles. The van der Waals surface area contributed by atoms with Crippen molar-refractivity contribution in [2.24, 2.45) is 5.14 Å². The van der Waals surface area contributed by atoms with E-state index in [0.717, 1.165) is 18.2 Å². The molecule has 0 unspecified atom stereocenters. The molecule has 0 radical (unpaired) electrons. The predicted molar refractivity (Wildman–Crippen MR) is 110 cm³/mol. The van der Waals surface area contributed by atoms with Crippen LogP contribution < -0.4 is 15.2 Å². The molecular formula is C21H17F3N2O5S. The molecular weight excluding hydrogens is 449 g/mol. The standard InChI is InChI=1S/C21H17F3N2O5S/c22-21(23,24)14-6-9-19(31-16-7-4-13(12-27)5-8-16)18(10-14)20(28)26-15-2-1-3-17(11-15)32(25,29)30/h1-11,27H,12H2,(H,26,28)(H2,25,29,30). The number of primary sulfonamides is 1. The largest absolute Gasteiger partial charge is 0.457 e. The maximum absolute atomic E-state index is 13.2. The van der Waals surface area contributed by atoms with Crippen LogP contribution in [0.5, 0.6) is 11.5 Å². The molecule has 0 aliphatic rings. The molecule has 168 valence electrons. The molecule has 1 amide bonds. The number of anilines is 1. The van der Waals surface area contributed by atoms with Gasteiger partial charge in [0.05, 0.1) is 22.6 Å². The summed E-state index contributed by atoms with van der Waals surface area (Å²) in [4.78, 5) is 12.5. The third-order valence-corrected chi connectivity index (χ3v) is 5.22. The van der Waals surface area contributed by atoms with Gasteiger partial charge in [0.1, 0.15) is 11.5 Å². The maximum Gasteiger partial charge on any atom is 0.416 e. The molecule has 0 spiro atoms. The van der Waals surface area contributed by atoms with E-state index in [0.29, 0.717) is 11.6 Å². The Hall–Kier alpha value is -3.41. The van der Waals surface area contributed by atoms with E-state index in [2.05, 4.69) is 5.32 Å². The molecule has 11 heteroatoms. The quantitative estimate of drug-likeness (QED) is 0.509. The second-order valence-electron chi connectivity index (χ2n) is 6.64. The van der Waals surface area contributed by atoms with E-state index in [1.54, 1.807) is 12.1 Å². The third-order valence-electron chi connectivity index (χ3n) is 4.31. The van der Waals surface area contributed by atoms with E-state index in [-0.39, 0.29) is 28.7 Å². The van der Waals surface area contributed by atoms with Gasteiger partial charge in [0.2, 0.25) is 10.0 Å². The molecule has 0 heterocycles. The molecule has 0 aliphatic carbocycles. The number of nitrogens with one attached hydrogen (secondary N) is 1. The fourth-order valence-electron chi connectivity index (χ4n) is 2.71. The van der Waals surface area contributed by atoms with E-state index in [9.17, 15) is 26.4 Å². The van der Waals surface area contributed by atoms with Gasteiger partial charge in [-0.05, 0) is 54.1 Å². The highest BCUT2D eigenvalue weighted by Crippen LogP contribution is 2.34. The number of hydrogen-bond acceptors (Lipinski definition) is 5. The Bertz CT molecular complexity index is 1240. The minimum atomic E-state index is -4.70. The van der Waals surface area contributed by atoms with Crippen LogP contribution >= 0.6 is 0 Å². The molecule has 3 rings (SSSR count). The number of amides is 1. The number of hydrogen-bond donors (Lipinski definition) is 3. The number of benzene rings is 3. The Balaban J connectivity index is 1.97. The van der Waals surface area contributed by atoms with E-state index in [4.69, 9.17) is 15.0 Å². The summed E-state index contributed by atoms with van der Waals surface area (Å²) in [6.45, 7) is -0.203. The lowest BCUT2D eigenvalue weighted by Gasteiger charge is -2.15. The van der Waals surface area contributed by atoms with Gasteiger partial charge in [-0.15, -0.1) is 0 Å². The third kappa shape index (κ3) is 5.63. The number of carbonyl (C=O) groups excluding carboxylic acids is 1. The minimum absolute atomic E-state index is 0.0113. The summed E-state index contributed by atoms with van der Waals surface area (Å²) in [6.07, 6.45) is -4.70. The first-order valence-corrected chi connectivity index (χ1v) is 10.5. The average Bonchev–Trinajstić information content (AvgIpc) is 2.73. The molecule has 0 saturated carbocycles. The lowest BCUT2D eigenvalue weighted by Crippen LogP contribution is -2.16. The smallest absolute Gasteiger partial charge is 0.416 e. The van der Waals surface area contributed by atoms with Gasteiger partial charge < -0.3 is 15.2 Å². The van der Waals surface area contributed by atoms with Crippen LogP contribution in [0.4, 0.5) is 18.9 Å². The molecule has 0 atom stereocenters. The van der Waals surface area contributed by atoms with Gasteiger partial charge in [0.25, 0.3) is 5.91 Å². The van der Waals surface area contributed by atoms with Gasteiger partial charge >= 0.3 is 6.18 Å². The van der Waals surface area contributed by atoms with Crippen LogP contribution in [-0.2, 0) is 22.8 Å². The number of nitrogens with two attached hydrogens (primary N) is 1.